The minimum absolute atomic E-state index is 0.121. The van der Waals surface area contributed by atoms with Crippen molar-refractivity contribution in [2.24, 2.45) is 11.8 Å². The highest BCUT2D eigenvalue weighted by atomic mass is 16.1. The van der Waals surface area contributed by atoms with Crippen molar-refractivity contribution in [2.75, 3.05) is 13.1 Å². The first-order valence-electron chi connectivity index (χ1n) is 7.77. The molecule has 19 heavy (non-hydrogen) atoms. The molecule has 0 unspecified atom stereocenters. The van der Waals surface area contributed by atoms with Crippen LogP contribution in [0.2, 0.25) is 0 Å². The molecule has 3 nitrogen and oxygen atoms in total. The van der Waals surface area contributed by atoms with Crippen LogP contribution in [0.1, 0.15) is 67.2 Å². The molecule has 0 radical (unpaired) electrons. The van der Waals surface area contributed by atoms with Crippen molar-refractivity contribution in [1.29, 1.82) is 0 Å². The Balaban J connectivity index is 3.39. The van der Waals surface area contributed by atoms with Crippen LogP contribution >= 0.6 is 0 Å². The second-order valence-electron chi connectivity index (χ2n) is 6.91. The summed E-state index contributed by atoms with van der Waals surface area (Å²) < 4.78 is 0. The molecule has 0 heterocycles. The van der Waals surface area contributed by atoms with Gasteiger partial charge in [-0.2, -0.15) is 0 Å². The fraction of sp³-hybridized carbons (Fsp3) is 0.938. The molecule has 0 aliphatic rings. The van der Waals surface area contributed by atoms with E-state index in [0.717, 1.165) is 19.5 Å². The Morgan fingerprint density at radius 2 is 1.47 bits per heavy atom. The third kappa shape index (κ3) is 11.0. The lowest BCUT2D eigenvalue weighted by Gasteiger charge is -2.20. The van der Waals surface area contributed by atoms with Gasteiger partial charge in [0.15, 0.2) is 0 Å². The maximum atomic E-state index is 11.7. The van der Waals surface area contributed by atoms with Crippen LogP contribution in [0.25, 0.3) is 0 Å². The van der Waals surface area contributed by atoms with Crippen LogP contribution in [0.4, 0.5) is 0 Å². The summed E-state index contributed by atoms with van der Waals surface area (Å²) >= 11 is 0. The molecular weight excluding hydrogens is 236 g/mol. The van der Waals surface area contributed by atoms with Crippen molar-refractivity contribution in [3.05, 3.63) is 0 Å². The van der Waals surface area contributed by atoms with Crippen LogP contribution < -0.4 is 10.6 Å². The minimum Gasteiger partial charge on any atom is -0.356 e. The van der Waals surface area contributed by atoms with Crippen molar-refractivity contribution in [2.45, 2.75) is 72.8 Å². The second kappa shape index (κ2) is 9.35. The van der Waals surface area contributed by atoms with Crippen LogP contribution in [0.5, 0.6) is 0 Å². The summed E-state index contributed by atoms with van der Waals surface area (Å²) in [6, 6.07) is 0. The van der Waals surface area contributed by atoms with E-state index in [0.29, 0.717) is 5.92 Å². The van der Waals surface area contributed by atoms with Gasteiger partial charge in [0.2, 0.25) is 5.91 Å². The first-order chi connectivity index (χ1) is 8.74. The van der Waals surface area contributed by atoms with Crippen LogP contribution in [-0.2, 0) is 4.79 Å². The molecule has 0 aromatic rings. The molecule has 0 bridgehead atoms. The van der Waals surface area contributed by atoms with Gasteiger partial charge in [-0.25, -0.2) is 0 Å². The van der Waals surface area contributed by atoms with Crippen LogP contribution in [0.15, 0.2) is 0 Å². The van der Waals surface area contributed by atoms with Gasteiger partial charge >= 0.3 is 0 Å². The third-order valence-corrected chi connectivity index (χ3v) is 3.47. The summed E-state index contributed by atoms with van der Waals surface area (Å²) in [4.78, 5) is 11.7. The zero-order chi connectivity index (χ0) is 14.9. The lowest BCUT2D eigenvalue weighted by atomic mass is 9.97. The van der Waals surface area contributed by atoms with Gasteiger partial charge in [0.25, 0.3) is 0 Å². The summed E-state index contributed by atoms with van der Waals surface area (Å²) in [5.41, 5.74) is 0.223. The van der Waals surface area contributed by atoms with E-state index < -0.39 is 0 Å². The van der Waals surface area contributed by atoms with Gasteiger partial charge in [-0.15, -0.1) is 0 Å². The van der Waals surface area contributed by atoms with Crippen LogP contribution in [0.3, 0.4) is 0 Å². The average molecular weight is 270 g/mol. The Morgan fingerprint density at radius 3 is 1.95 bits per heavy atom. The van der Waals surface area contributed by atoms with Crippen molar-refractivity contribution in [3.63, 3.8) is 0 Å². The molecular formula is C16H34N2O. The lowest BCUT2D eigenvalue weighted by molar-refractivity contribution is -0.125. The van der Waals surface area contributed by atoms with Crippen molar-refractivity contribution < 1.29 is 4.79 Å². The minimum atomic E-state index is 0.121. The standard InChI is InChI=1S/C16H34N2O/c1-13(2)14(3)15(19)17-11-9-7-8-10-12-18-16(4,5)6/h13-14,18H,7-12H2,1-6H3,(H,17,19)/t14-/m0/s1. The summed E-state index contributed by atoms with van der Waals surface area (Å²) in [7, 11) is 0. The predicted molar refractivity (Wildman–Crippen MR) is 83.2 cm³/mol. The molecule has 0 saturated heterocycles. The van der Waals surface area contributed by atoms with E-state index in [-0.39, 0.29) is 17.4 Å². The molecule has 114 valence electrons. The van der Waals surface area contributed by atoms with E-state index in [4.69, 9.17) is 0 Å². The molecule has 0 spiro atoms. The molecule has 0 rings (SSSR count). The zero-order valence-electron chi connectivity index (χ0n) is 13.8. The van der Waals surface area contributed by atoms with E-state index in [1.165, 1.54) is 19.3 Å². The molecule has 0 aromatic heterocycles. The Morgan fingerprint density at radius 1 is 0.947 bits per heavy atom. The molecule has 0 aromatic carbocycles. The van der Waals surface area contributed by atoms with Crippen molar-refractivity contribution in [3.8, 4) is 0 Å². The van der Waals surface area contributed by atoms with Crippen molar-refractivity contribution in [1.82, 2.24) is 10.6 Å². The summed E-state index contributed by atoms with van der Waals surface area (Å²) in [6.07, 6.45) is 4.74. The Kier molecular flexibility index (Phi) is 9.07. The number of amides is 1. The predicted octanol–water partition coefficient (Wildman–Crippen LogP) is 3.34. The highest BCUT2D eigenvalue weighted by Crippen LogP contribution is 2.09. The summed E-state index contributed by atoms with van der Waals surface area (Å²) in [5, 5.41) is 6.51. The van der Waals surface area contributed by atoms with E-state index in [2.05, 4.69) is 45.3 Å². The average Bonchev–Trinajstić information content (AvgIpc) is 2.29. The number of carbonyl (C=O) groups excluding carboxylic acids is 1. The van der Waals surface area contributed by atoms with Gasteiger partial charge in [0.05, 0.1) is 0 Å². The SMILES string of the molecule is CC(C)[C@H](C)C(=O)NCCCCCCNC(C)(C)C. The fourth-order valence-corrected chi connectivity index (χ4v) is 1.74. The van der Waals surface area contributed by atoms with Gasteiger partial charge in [-0.3, -0.25) is 4.79 Å². The molecule has 0 aliphatic carbocycles. The van der Waals surface area contributed by atoms with E-state index in [1.54, 1.807) is 0 Å². The van der Waals surface area contributed by atoms with E-state index in [1.807, 2.05) is 6.92 Å². The largest absolute Gasteiger partial charge is 0.356 e. The number of rotatable bonds is 9. The van der Waals surface area contributed by atoms with E-state index in [9.17, 15) is 4.79 Å². The first-order valence-corrected chi connectivity index (χ1v) is 7.77. The third-order valence-electron chi connectivity index (χ3n) is 3.47. The molecule has 1 atom stereocenters. The smallest absolute Gasteiger partial charge is 0.223 e. The quantitative estimate of drug-likeness (QED) is 0.631. The monoisotopic (exact) mass is 270 g/mol. The fourth-order valence-electron chi connectivity index (χ4n) is 1.74. The van der Waals surface area contributed by atoms with Crippen LogP contribution in [-0.4, -0.2) is 24.5 Å². The second-order valence-corrected chi connectivity index (χ2v) is 6.91. The molecule has 0 fully saturated rings. The topological polar surface area (TPSA) is 41.1 Å². The highest BCUT2D eigenvalue weighted by molar-refractivity contribution is 5.78. The maximum absolute atomic E-state index is 11.7. The molecule has 2 N–H and O–H groups in total. The molecule has 0 aliphatic heterocycles. The Hall–Kier alpha value is -0.570. The van der Waals surface area contributed by atoms with Gasteiger partial charge in [0.1, 0.15) is 0 Å². The van der Waals surface area contributed by atoms with E-state index >= 15 is 0 Å². The summed E-state index contributed by atoms with van der Waals surface area (Å²) in [5.74, 6) is 0.740. The Bertz CT molecular complexity index is 244. The normalized spacial score (nSPS) is 13.6. The van der Waals surface area contributed by atoms with Crippen LogP contribution in [0, 0.1) is 11.8 Å². The number of carbonyl (C=O) groups is 1. The number of hydrogen-bond donors (Lipinski definition) is 2. The number of nitrogens with one attached hydrogen (secondary N) is 2. The van der Waals surface area contributed by atoms with Gasteiger partial charge in [-0.05, 0) is 46.1 Å². The number of hydrogen-bond acceptors (Lipinski definition) is 2. The molecule has 1 amide bonds. The first kappa shape index (κ1) is 18.4. The molecule has 3 heteroatoms. The van der Waals surface area contributed by atoms with Gasteiger partial charge in [-0.1, -0.05) is 33.6 Å². The van der Waals surface area contributed by atoms with Gasteiger partial charge in [0, 0.05) is 18.0 Å². The maximum Gasteiger partial charge on any atom is 0.223 e. The van der Waals surface area contributed by atoms with Gasteiger partial charge < -0.3 is 10.6 Å². The summed E-state index contributed by atoms with van der Waals surface area (Å²) in [6.45, 7) is 14.7. The zero-order valence-corrected chi connectivity index (χ0v) is 13.8. The Labute approximate surface area is 119 Å². The molecule has 0 saturated carbocycles. The lowest BCUT2D eigenvalue weighted by Crippen LogP contribution is -2.36. The highest BCUT2D eigenvalue weighted by Gasteiger charge is 2.15. The number of unbranched alkanes of at least 4 members (excludes halogenated alkanes) is 3. The van der Waals surface area contributed by atoms with Crippen molar-refractivity contribution >= 4 is 5.91 Å².